The molecule has 0 unspecified atom stereocenters. The molecule has 0 saturated carbocycles. The number of hydrogen-bond acceptors (Lipinski definition) is 8. The molecule has 0 aliphatic rings. The lowest BCUT2D eigenvalue weighted by atomic mass is 10.1. The molecule has 184 valence electrons. The zero-order valence-corrected chi connectivity index (χ0v) is 20.7. The second-order valence-corrected chi connectivity index (χ2v) is 10.8. The maximum absolute atomic E-state index is 12.5. The summed E-state index contributed by atoms with van der Waals surface area (Å²) in [5.41, 5.74) is 2.16. The summed E-state index contributed by atoms with van der Waals surface area (Å²) in [6, 6.07) is 21.0. The fourth-order valence-corrected chi connectivity index (χ4v) is 4.37. The van der Waals surface area contributed by atoms with Crippen molar-refractivity contribution in [3.8, 4) is 0 Å². The molecular formula is C26H26N6O3S. The van der Waals surface area contributed by atoms with Gasteiger partial charge < -0.3 is 16.0 Å². The quantitative estimate of drug-likeness (QED) is 0.300. The number of rotatable bonds is 9. The highest BCUT2D eigenvalue weighted by molar-refractivity contribution is 7.92. The highest BCUT2D eigenvalue weighted by atomic mass is 32.2. The number of nitrogens with zero attached hydrogens (tertiary/aromatic N) is 3. The van der Waals surface area contributed by atoms with Crippen LogP contribution in [0.4, 0.5) is 28.8 Å². The summed E-state index contributed by atoms with van der Waals surface area (Å²) in [7, 11) is -3.33. The van der Waals surface area contributed by atoms with E-state index in [2.05, 4.69) is 30.9 Å². The van der Waals surface area contributed by atoms with Crippen molar-refractivity contribution in [2.75, 3.05) is 16.0 Å². The topological polar surface area (TPSA) is 126 Å². The SMILES string of the molecule is CC(C)S(=O)(=O)c1ccc(CC(=O)Nc2ccc(Nc3cc(Nc4ccccn4)ncn3)cc2)cc1. The first kappa shape index (κ1) is 24.8. The summed E-state index contributed by atoms with van der Waals surface area (Å²) >= 11 is 0. The number of sulfone groups is 1. The van der Waals surface area contributed by atoms with Crippen LogP contribution < -0.4 is 16.0 Å². The van der Waals surface area contributed by atoms with Gasteiger partial charge in [0, 0.05) is 23.6 Å². The van der Waals surface area contributed by atoms with Crippen LogP contribution in [0.25, 0.3) is 0 Å². The average Bonchev–Trinajstić information content (AvgIpc) is 2.86. The zero-order valence-electron chi connectivity index (χ0n) is 19.8. The van der Waals surface area contributed by atoms with Crippen molar-refractivity contribution in [3.63, 3.8) is 0 Å². The maximum Gasteiger partial charge on any atom is 0.228 e. The van der Waals surface area contributed by atoms with Crippen LogP contribution in [0.2, 0.25) is 0 Å². The Kier molecular flexibility index (Phi) is 7.55. The molecule has 36 heavy (non-hydrogen) atoms. The third-order valence-electron chi connectivity index (χ3n) is 5.27. The molecule has 1 amide bonds. The smallest absolute Gasteiger partial charge is 0.228 e. The Labute approximate surface area is 210 Å². The van der Waals surface area contributed by atoms with Gasteiger partial charge in [0.05, 0.1) is 16.6 Å². The van der Waals surface area contributed by atoms with Crippen molar-refractivity contribution in [2.24, 2.45) is 0 Å². The van der Waals surface area contributed by atoms with Gasteiger partial charge in [0.2, 0.25) is 5.91 Å². The van der Waals surface area contributed by atoms with Gasteiger partial charge in [0.1, 0.15) is 23.8 Å². The van der Waals surface area contributed by atoms with Crippen LogP contribution in [-0.2, 0) is 21.1 Å². The maximum atomic E-state index is 12.5. The van der Waals surface area contributed by atoms with Gasteiger partial charge >= 0.3 is 0 Å². The third kappa shape index (κ3) is 6.42. The molecule has 0 aliphatic heterocycles. The van der Waals surface area contributed by atoms with Crippen molar-refractivity contribution < 1.29 is 13.2 Å². The number of carbonyl (C=O) groups excluding carboxylic acids is 1. The van der Waals surface area contributed by atoms with Gasteiger partial charge in [-0.1, -0.05) is 18.2 Å². The molecule has 2 aromatic carbocycles. The summed E-state index contributed by atoms with van der Waals surface area (Å²) in [6.07, 6.45) is 3.28. The van der Waals surface area contributed by atoms with E-state index in [1.165, 1.54) is 6.33 Å². The number of hydrogen-bond donors (Lipinski definition) is 3. The lowest BCUT2D eigenvalue weighted by molar-refractivity contribution is -0.115. The Bertz CT molecular complexity index is 1430. The van der Waals surface area contributed by atoms with Crippen molar-refractivity contribution in [1.82, 2.24) is 15.0 Å². The van der Waals surface area contributed by atoms with E-state index in [1.807, 2.05) is 30.3 Å². The number of amides is 1. The Morgan fingerprint density at radius 1 is 0.806 bits per heavy atom. The molecule has 4 rings (SSSR count). The molecule has 0 aliphatic carbocycles. The molecule has 4 aromatic rings. The van der Waals surface area contributed by atoms with Crippen molar-refractivity contribution in [1.29, 1.82) is 0 Å². The fourth-order valence-electron chi connectivity index (χ4n) is 3.31. The first-order chi connectivity index (χ1) is 17.3. The molecule has 9 nitrogen and oxygen atoms in total. The summed E-state index contributed by atoms with van der Waals surface area (Å²) < 4.78 is 24.5. The van der Waals surface area contributed by atoms with Gasteiger partial charge in [-0.2, -0.15) is 0 Å². The van der Waals surface area contributed by atoms with Crippen LogP contribution in [0.15, 0.2) is 90.2 Å². The van der Waals surface area contributed by atoms with Crippen LogP contribution in [-0.4, -0.2) is 34.5 Å². The second kappa shape index (κ2) is 11.0. The Morgan fingerprint density at radius 3 is 2.11 bits per heavy atom. The third-order valence-corrected chi connectivity index (χ3v) is 7.44. The molecule has 3 N–H and O–H groups in total. The predicted octanol–water partition coefficient (Wildman–Crippen LogP) is 4.72. The van der Waals surface area contributed by atoms with E-state index in [0.717, 1.165) is 11.3 Å². The second-order valence-electron chi connectivity index (χ2n) is 8.29. The Morgan fingerprint density at radius 2 is 1.47 bits per heavy atom. The summed E-state index contributed by atoms with van der Waals surface area (Å²) in [4.78, 5) is 25.4. The normalized spacial score (nSPS) is 11.2. The average molecular weight is 503 g/mol. The summed E-state index contributed by atoms with van der Waals surface area (Å²) in [5, 5.41) is 8.68. The molecule has 2 aromatic heterocycles. The van der Waals surface area contributed by atoms with Gasteiger partial charge in [-0.25, -0.2) is 23.4 Å². The zero-order chi connectivity index (χ0) is 25.5. The van der Waals surface area contributed by atoms with Gasteiger partial charge in [-0.3, -0.25) is 4.79 Å². The largest absolute Gasteiger partial charge is 0.340 e. The lowest BCUT2D eigenvalue weighted by Gasteiger charge is -2.10. The van der Waals surface area contributed by atoms with E-state index < -0.39 is 15.1 Å². The van der Waals surface area contributed by atoms with Gasteiger partial charge in [0.15, 0.2) is 9.84 Å². The van der Waals surface area contributed by atoms with Crippen molar-refractivity contribution >= 4 is 44.6 Å². The van der Waals surface area contributed by atoms with Gasteiger partial charge in [0.25, 0.3) is 0 Å². The minimum absolute atomic E-state index is 0.134. The predicted molar refractivity (Wildman–Crippen MR) is 140 cm³/mol. The van der Waals surface area contributed by atoms with E-state index in [9.17, 15) is 13.2 Å². The highest BCUT2D eigenvalue weighted by Crippen LogP contribution is 2.21. The van der Waals surface area contributed by atoms with Crippen molar-refractivity contribution in [3.05, 3.63) is 90.9 Å². The van der Waals surface area contributed by atoms with Crippen LogP contribution in [0, 0.1) is 0 Å². The number of benzene rings is 2. The Balaban J connectivity index is 1.33. The molecule has 0 bridgehead atoms. The molecule has 0 atom stereocenters. The highest BCUT2D eigenvalue weighted by Gasteiger charge is 2.18. The van der Waals surface area contributed by atoms with Gasteiger partial charge in [-0.15, -0.1) is 0 Å². The number of anilines is 5. The van der Waals surface area contributed by atoms with E-state index in [1.54, 1.807) is 62.5 Å². The van der Waals surface area contributed by atoms with E-state index >= 15 is 0 Å². The van der Waals surface area contributed by atoms with Crippen LogP contribution in [0.3, 0.4) is 0 Å². The summed E-state index contributed by atoms with van der Waals surface area (Å²) in [5.74, 6) is 1.68. The minimum atomic E-state index is -3.33. The number of carbonyl (C=O) groups is 1. The molecule has 0 spiro atoms. The van der Waals surface area contributed by atoms with E-state index in [0.29, 0.717) is 23.1 Å². The molecule has 2 heterocycles. The van der Waals surface area contributed by atoms with Crippen LogP contribution >= 0.6 is 0 Å². The molecule has 0 radical (unpaired) electrons. The molecular weight excluding hydrogens is 476 g/mol. The summed E-state index contributed by atoms with van der Waals surface area (Å²) in [6.45, 7) is 3.28. The molecule has 0 saturated heterocycles. The fraction of sp³-hybridized carbons (Fsp3) is 0.154. The lowest BCUT2D eigenvalue weighted by Crippen LogP contribution is -2.15. The standard InChI is InChI=1S/C26H26N6O3S/c1-18(2)36(34,35)22-12-6-19(7-13-22)15-26(33)31-21-10-8-20(9-11-21)30-24-16-25(29-17-28-24)32-23-5-3-4-14-27-23/h3-14,16-18H,15H2,1-2H3,(H,31,33)(H2,27,28,29,30,32). The molecule has 0 fully saturated rings. The first-order valence-corrected chi connectivity index (χ1v) is 12.8. The van der Waals surface area contributed by atoms with Gasteiger partial charge in [-0.05, 0) is 67.9 Å². The number of aromatic nitrogens is 3. The number of pyridine rings is 1. The van der Waals surface area contributed by atoms with E-state index in [-0.39, 0.29) is 17.2 Å². The number of nitrogens with one attached hydrogen (secondary N) is 3. The first-order valence-electron chi connectivity index (χ1n) is 11.3. The van der Waals surface area contributed by atoms with Crippen LogP contribution in [0.1, 0.15) is 19.4 Å². The monoisotopic (exact) mass is 502 g/mol. The van der Waals surface area contributed by atoms with E-state index in [4.69, 9.17) is 0 Å². The minimum Gasteiger partial charge on any atom is -0.340 e. The van der Waals surface area contributed by atoms with Crippen LogP contribution in [0.5, 0.6) is 0 Å². The van der Waals surface area contributed by atoms with Crippen molar-refractivity contribution in [2.45, 2.75) is 30.4 Å². The Hall–Kier alpha value is -4.31. The molecule has 10 heteroatoms.